The Balaban J connectivity index is 2.04. The summed E-state index contributed by atoms with van der Waals surface area (Å²) in [6.07, 6.45) is 0. The minimum atomic E-state index is -4.37. The van der Waals surface area contributed by atoms with Gasteiger partial charge in [0.05, 0.1) is 11.6 Å². The molecule has 0 aliphatic heterocycles. The summed E-state index contributed by atoms with van der Waals surface area (Å²) < 4.78 is 32.8. The average molecular weight is 412 g/mol. The molecule has 0 saturated carbocycles. The summed E-state index contributed by atoms with van der Waals surface area (Å²) in [5.41, 5.74) is 4.85. The Bertz CT molecular complexity index is 1120. The Morgan fingerprint density at radius 1 is 0.897 bits per heavy atom. The summed E-state index contributed by atoms with van der Waals surface area (Å²) in [6.45, 7) is 0. The van der Waals surface area contributed by atoms with Crippen molar-refractivity contribution in [2.24, 2.45) is 0 Å². The largest absolute Gasteiger partial charge is 0.359 e. The molecule has 0 heterocycles. The van der Waals surface area contributed by atoms with E-state index in [1.807, 2.05) is 24.3 Å². The fourth-order valence-corrected chi connectivity index (χ4v) is 3.50. The summed E-state index contributed by atoms with van der Waals surface area (Å²) in [5.74, 6) is -1.28. The number of benzene rings is 3. The van der Waals surface area contributed by atoms with Gasteiger partial charge < -0.3 is 0 Å². The number of hydrogen-bond donors (Lipinski definition) is 3. The molecule has 0 aliphatic rings. The molecule has 29 heavy (non-hydrogen) atoms. The first-order valence-corrected chi connectivity index (χ1v) is 10.1. The standard InChI is InChI=1S/C21H20N2O5S/c1-23(29(26,27)28)19-12-6-10-17(14-19)16-9-5-11-18(13-16)20(21(24)22-25)15-7-3-2-4-8-15/h2-14,20,25H,1H3,(H,22,24)(H,26,27,28). The zero-order chi connectivity index (χ0) is 21.0. The number of amides is 1. The second kappa shape index (κ2) is 8.44. The summed E-state index contributed by atoms with van der Waals surface area (Å²) in [4.78, 5) is 12.4. The van der Waals surface area contributed by atoms with Crippen molar-refractivity contribution in [1.82, 2.24) is 5.48 Å². The van der Waals surface area contributed by atoms with Gasteiger partial charge in [-0.25, -0.2) is 5.48 Å². The van der Waals surface area contributed by atoms with Crippen LogP contribution in [0.1, 0.15) is 17.0 Å². The highest BCUT2D eigenvalue weighted by molar-refractivity contribution is 7.87. The Morgan fingerprint density at radius 2 is 1.48 bits per heavy atom. The minimum Gasteiger partial charge on any atom is -0.289 e. The minimum absolute atomic E-state index is 0.295. The van der Waals surface area contributed by atoms with Gasteiger partial charge in [0.15, 0.2) is 0 Å². The van der Waals surface area contributed by atoms with Gasteiger partial charge in [0.1, 0.15) is 0 Å². The molecule has 0 saturated heterocycles. The Morgan fingerprint density at radius 3 is 2.10 bits per heavy atom. The average Bonchev–Trinajstić information content (AvgIpc) is 2.73. The Hall–Kier alpha value is -3.20. The maximum atomic E-state index is 12.4. The van der Waals surface area contributed by atoms with Crippen LogP contribution in [0, 0.1) is 0 Å². The van der Waals surface area contributed by atoms with Crippen molar-refractivity contribution < 1.29 is 23.0 Å². The normalized spacial score (nSPS) is 12.2. The van der Waals surface area contributed by atoms with Gasteiger partial charge in [-0.2, -0.15) is 8.42 Å². The number of nitrogens with zero attached hydrogens (tertiary/aromatic N) is 1. The molecule has 0 fully saturated rings. The van der Waals surface area contributed by atoms with Crippen LogP contribution in [0.5, 0.6) is 0 Å². The molecule has 150 valence electrons. The molecule has 3 N–H and O–H groups in total. The number of rotatable bonds is 6. The first kappa shape index (κ1) is 20.5. The van der Waals surface area contributed by atoms with E-state index in [0.717, 1.165) is 15.4 Å². The van der Waals surface area contributed by atoms with Gasteiger partial charge in [-0.05, 0) is 34.4 Å². The molecule has 3 rings (SSSR count). The van der Waals surface area contributed by atoms with E-state index in [0.29, 0.717) is 16.8 Å². The highest BCUT2D eigenvalue weighted by Gasteiger charge is 2.23. The van der Waals surface area contributed by atoms with E-state index < -0.39 is 22.1 Å². The Kier molecular flexibility index (Phi) is 5.97. The first-order chi connectivity index (χ1) is 13.8. The van der Waals surface area contributed by atoms with Gasteiger partial charge in [-0.15, -0.1) is 0 Å². The summed E-state index contributed by atoms with van der Waals surface area (Å²) in [7, 11) is -3.12. The lowest BCUT2D eigenvalue weighted by atomic mass is 9.89. The fourth-order valence-electron chi connectivity index (χ4n) is 3.12. The van der Waals surface area contributed by atoms with Crippen molar-refractivity contribution >= 4 is 21.9 Å². The van der Waals surface area contributed by atoms with Gasteiger partial charge in [-0.1, -0.05) is 66.7 Å². The number of hydroxylamine groups is 1. The lowest BCUT2D eigenvalue weighted by Gasteiger charge is -2.18. The second-order valence-corrected chi connectivity index (χ2v) is 7.88. The monoisotopic (exact) mass is 412 g/mol. The molecule has 3 aromatic carbocycles. The molecule has 3 aromatic rings. The van der Waals surface area contributed by atoms with Crippen molar-refractivity contribution in [3.63, 3.8) is 0 Å². The van der Waals surface area contributed by atoms with Crippen molar-refractivity contribution in [2.75, 3.05) is 11.4 Å². The summed E-state index contributed by atoms with van der Waals surface area (Å²) >= 11 is 0. The highest BCUT2D eigenvalue weighted by atomic mass is 32.2. The van der Waals surface area contributed by atoms with Gasteiger partial charge in [0, 0.05) is 7.05 Å². The molecule has 7 nitrogen and oxygen atoms in total. The van der Waals surface area contributed by atoms with Gasteiger partial charge >= 0.3 is 10.3 Å². The van der Waals surface area contributed by atoms with Crippen LogP contribution in [0.4, 0.5) is 5.69 Å². The molecule has 0 bridgehead atoms. The number of hydrogen-bond acceptors (Lipinski definition) is 4. The van der Waals surface area contributed by atoms with Crippen LogP contribution in [0.15, 0.2) is 78.9 Å². The van der Waals surface area contributed by atoms with Crippen LogP contribution >= 0.6 is 0 Å². The SMILES string of the molecule is CN(c1cccc(-c2cccc(C(C(=O)NO)c3ccccc3)c2)c1)S(=O)(=O)O. The molecular formula is C21H20N2O5S. The van der Waals surface area contributed by atoms with Crippen LogP contribution in [-0.2, 0) is 15.1 Å². The third kappa shape index (κ3) is 4.62. The first-order valence-electron chi connectivity index (χ1n) is 8.72. The lowest BCUT2D eigenvalue weighted by molar-refractivity contribution is -0.129. The Labute approximate surface area is 169 Å². The van der Waals surface area contributed by atoms with E-state index in [4.69, 9.17) is 0 Å². The lowest BCUT2D eigenvalue weighted by Crippen LogP contribution is -2.27. The summed E-state index contributed by atoms with van der Waals surface area (Å²) in [5, 5.41) is 9.20. The van der Waals surface area contributed by atoms with Gasteiger partial charge in [0.25, 0.3) is 5.91 Å². The predicted molar refractivity (Wildman–Crippen MR) is 110 cm³/mol. The zero-order valence-electron chi connectivity index (χ0n) is 15.6. The van der Waals surface area contributed by atoms with E-state index in [1.54, 1.807) is 60.1 Å². The van der Waals surface area contributed by atoms with E-state index in [9.17, 15) is 23.0 Å². The molecule has 1 atom stereocenters. The van der Waals surface area contributed by atoms with E-state index >= 15 is 0 Å². The number of carbonyl (C=O) groups excluding carboxylic acids is 1. The zero-order valence-corrected chi connectivity index (χ0v) is 16.4. The predicted octanol–water partition coefficient (Wildman–Crippen LogP) is 3.23. The van der Waals surface area contributed by atoms with Crippen molar-refractivity contribution in [1.29, 1.82) is 0 Å². The van der Waals surface area contributed by atoms with Crippen molar-refractivity contribution in [3.8, 4) is 11.1 Å². The smallest absolute Gasteiger partial charge is 0.289 e. The topological polar surface area (TPSA) is 107 Å². The number of carbonyl (C=O) groups is 1. The number of anilines is 1. The summed E-state index contributed by atoms with van der Waals surface area (Å²) in [6, 6.07) is 22.9. The molecule has 1 amide bonds. The second-order valence-electron chi connectivity index (χ2n) is 6.44. The fraction of sp³-hybridized carbons (Fsp3) is 0.0952. The van der Waals surface area contributed by atoms with E-state index in [2.05, 4.69) is 0 Å². The van der Waals surface area contributed by atoms with E-state index in [-0.39, 0.29) is 0 Å². The van der Waals surface area contributed by atoms with Crippen LogP contribution in [0.2, 0.25) is 0 Å². The van der Waals surface area contributed by atoms with Gasteiger partial charge in [0.2, 0.25) is 0 Å². The third-order valence-corrected chi connectivity index (χ3v) is 5.52. The molecule has 0 aromatic heterocycles. The maximum Gasteiger partial charge on any atom is 0.359 e. The highest BCUT2D eigenvalue weighted by Crippen LogP contribution is 2.30. The quantitative estimate of drug-likeness (QED) is 0.327. The maximum absolute atomic E-state index is 12.4. The molecule has 0 aliphatic carbocycles. The number of nitrogens with one attached hydrogen (secondary N) is 1. The van der Waals surface area contributed by atoms with Crippen LogP contribution < -0.4 is 9.79 Å². The van der Waals surface area contributed by atoms with Gasteiger partial charge in [-0.3, -0.25) is 18.9 Å². The third-order valence-electron chi connectivity index (χ3n) is 4.61. The molecule has 0 radical (unpaired) electrons. The molecule has 0 spiro atoms. The van der Waals surface area contributed by atoms with Crippen molar-refractivity contribution in [2.45, 2.75) is 5.92 Å². The molecular weight excluding hydrogens is 392 g/mol. The van der Waals surface area contributed by atoms with Crippen molar-refractivity contribution in [3.05, 3.63) is 90.0 Å². The molecule has 1 unspecified atom stereocenters. The van der Waals surface area contributed by atoms with Crippen LogP contribution in [0.3, 0.4) is 0 Å². The van der Waals surface area contributed by atoms with Crippen LogP contribution in [-0.4, -0.2) is 31.1 Å². The van der Waals surface area contributed by atoms with Crippen LogP contribution in [0.25, 0.3) is 11.1 Å². The molecule has 8 heteroatoms. The van der Waals surface area contributed by atoms with E-state index in [1.165, 1.54) is 7.05 Å².